The maximum absolute atomic E-state index is 12.4. The molecule has 0 bridgehead atoms. The number of nitrogens with zero attached hydrogens (tertiary/aromatic N) is 2. The number of aromatic nitrogens is 2. The molecule has 1 aliphatic heterocycles. The van der Waals surface area contributed by atoms with E-state index in [1.54, 1.807) is 11.3 Å². The van der Waals surface area contributed by atoms with E-state index in [0.29, 0.717) is 0 Å². The van der Waals surface area contributed by atoms with E-state index in [1.807, 2.05) is 6.92 Å². The lowest BCUT2D eigenvalue weighted by molar-refractivity contribution is 0.134. The standard InChI is InChI=1S/C16H23N3OS/c1-9-6-5-7-19(8-9)11(3)14-17-15(20)13-10(2)12(4)21-16(13)18-14/h9,11H,5-8H2,1-4H3,(H,17,18,20). The second kappa shape index (κ2) is 5.54. The van der Waals surface area contributed by atoms with Crippen LogP contribution >= 0.6 is 11.3 Å². The molecule has 0 saturated carbocycles. The summed E-state index contributed by atoms with van der Waals surface area (Å²) < 4.78 is 0. The Labute approximate surface area is 129 Å². The quantitative estimate of drug-likeness (QED) is 0.925. The zero-order valence-electron chi connectivity index (χ0n) is 13.2. The number of thiophene rings is 1. The van der Waals surface area contributed by atoms with Gasteiger partial charge in [0.15, 0.2) is 0 Å². The van der Waals surface area contributed by atoms with E-state index >= 15 is 0 Å². The highest BCUT2D eigenvalue weighted by Gasteiger charge is 2.24. The number of H-pyrrole nitrogens is 1. The molecule has 1 saturated heterocycles. The number of likely N-dealkylation sites (tertiary alicyclic amines) is 1. The Morgan fingerprint density at radius 1 is 1.43 bits per heavy atom. The molecular formula is C16H23N3OS. The van der Waals surface area contributed by atoms with Gasteiger partial charge in [0.25, 0.3) is 5.56 Å². The fourth-order valence-corrected chi connectivity index (χ4v) is 4.26. The Morgan fingerprint density at radius 3 is 2.90 bits per heavy atom. The van der Waals surface area contributed by atoms with Crippen molar-refractivity contribution in [1.29, 1.82) is 0 Å². The lowest BCUT2D eigenvalue weighted by Gasteiger charge is -2.34. The van der Waals surface area contributed by atoms with Crippen LogP contribution in [-0.4, -0.2) is 28.0 Å². The van der Waals surface area contributed by atoms with Crippen molar-refractivity contribution in [3.05, 3.63) is 26.6 Å². The summed E-state index contributed by atoms with van der Waals surface area (Å²) in [6, 6.07) is 0.174. The summed E-state index contributed by atoms with van der Waals surface area (Å²) >= 11 is 1.62. The number of aromatic amines is 1. The Hall–Kier alpha value is -1.20. The molecule has 4 nitrogen and oxygen atoms in total. The molecule has 2 unspecified atom stereocenters. The first kappa shape index (κ1) is 14.7. The molecule has 0 aliphatic carbocycles. The lowest BCUT2D eigenvalue weighted by atomic mass is 9.99. The highest BCUT2D eigenvalue weighted by atomic mass is 32.1. The number of hydrogen-bond donors (Lipinski definition) is 1. The van der Waals surface area contributed by atoms with Gasteiger partial charge in [-0.2, -0.15) is 0 Å². The monoisotopic (exact) mass is 305 g/mol. The van der Waals surface area contributed by atoms with E-state index < -0.39 is 0 Å². The van der Waals surface area contributed by atoms with Gasteiger partial charge in [0.2, 0.25) is 0 Å². The van der Waals surface area contributed by atoms with E-state index in [4.69, 9.17) is 4.98 Å². The SMILES string of the molecule is Cc1sc2nc(C(C)N3CCCC(C)C3)[nH]c(=O)c2c1C. The Balaban J connectivity index is 1.98. The number of fused-ring (bicyclic) bond motifs is 1. The largest absolute Gasteiger partial charge is 0.309 e. The number of nitrogens with one attached hydrogen (secondary N) is 1. The fourth-order valence-electron chi connectivity index (χ4n) is 3.22. The molecule has 2 atom stereocenters. The van der Waals surface area contributed by atoms with Gasteiger partial charge in [0, 0.05) is 11.4 Å². The molecule has 0 amide bonds. The fraction of sp³-hybridized carbons (Fsp3) is 0.625. The molecule has 1 N–H and O–H groups in total. The van der Waals surface area contributed by atoms with Crippen molar-refractivity contribution >= 4 is 21.6 Å². The maximum Gasteiger partial charge on any atom is 0.259 e. The van der Waals surface area contributed by atoms with Gasteiger partial charge in [-0.3, -0.25) is 9.69 Å². The van der Waals surface area contributed by atoms with Crippen molar-refractivity contribution in [1.82, 2.24) is 14.9 Å². The van der Waals surface area contributed by atoms with Crippen LogP contribution in [0.25, 0.3) is 10.2 Å². The van der Waals surface area contributed by atoms with Gasteiger partial charge in [-0.15, -0.1) is 11.3 Å². The first-order valence-electron chi connectivity index (χ1n) is 7.71. The lowest BCUT2D eigenvalue weighted by Crippen LogP contribution is -2.37. The first-order valence-corrected chi connectivity index (χ1v) is 8.53. The highest BCUT2D eigenvalue weighted by molar-refractivity contribution is 7.18. The predicted molar refractivity (Wildman–Crippen MR) is 88.1 cm³/mol. The van der Waals surface area contributed by atoms with Gasteiger partial charge in [-0.1, -0.05) is 6.92 Å². The van der Waals surface area contributed by atoms with Crippen molar-refractivity contribution in [2.75, 3.05) is 13.1 Å². The van der Waals surface area contributed by atoms with Crippen molar-refractivity contribution in [2.45, 2.75) is 46.6 Å². The summed E-state index contributed by atoms with van der Waals surface area (Å²) in [6.45, 7) is 10.7. The minimum atomic E-state index is 0.00811. The second-order valence-corrected chi connectivity index (χ2v) is 7.54. The van der Waals surface area contributed by atoms with Crippen molar-refractivity contribution in [3.63, 3.8) is 0 Å². The molecule has 0 aromatic carbocycles. The number of rotatable bonds is 2. The summed E-state index contributed by atoms with van der Waals surface area (Å²) in [5.74, 6) is 1.53. The van der Waals surface area contributed by atoms with Gasteiger partial charge in [-0.25, -0.2) is 4.98 Å². The second-order valence-electron chi connectivity index (χ2n) is 6.33. The first-order chi connectivity index (χ1) is 9.97. The van der Waals surface area contributed by atoms with Crippen LogP contribution < -0.4 is 5.56 Å². The average molecular weight is 305 g/mol. The van der Waals surface area contributed by atoms with Gasteiger partial charge in [0.05, 0.1) is 11.4 Å². The molecule has 3 rings (SSSR count). The predicted octanol–water partition coefficient (Wildman–Crippen LogP) is 3.39. The molecule has 2 aromatic rings. The third-order valence-electron chi connectivity index (χ3n) is 4.69. The number of aryl methyl sites for hydroxylation is 2. The summed E-state index contributed by atoms with van der Waals surface area (Å²) in [4.78, 5) is 24.6. The molecule has 1 fully saturated rings. The number of piperidine rings is 1. The van der Waals surface area contributed by atoms with Crippen LogP contribution in [0.4, 0.5) is 0 Å². The zero-order valence-corrected chi connectivity index (χ0v) is 14.0. The minimum absolute atomic E-state index is 0.00811. The summed E-state index contributed by atoms with van der Waals surface area (Å²) in [6.07, 6.45) is 2.53. The zero-order chi connectivity index (χ0) is 15.1. The molecule has 21 heavy (non-hydrogen) atoms. The molecule has 5 heteroatoms. The molecule has 2 aromatic heterocycles. The van der Waals surface area contributed by atoms with Crippen molar-refractivity contribution in [3.8, 4) is 0 Å². The Bertz CT molecular complexity index is 718. The van der Waals surface area contributed by atoms with Gasteiger partial charge in [-0.05, 0) is 51.6 Å². The van der Waals surface area contributed by atoms with Crippen LogP contribution in [0.3, 0.4) is 0 Å². The molecule has 0 spiro atoms. The topological polar surface area (TPSA) is 49.0 Å². The van der Waals surface area contributed by atoms with Crippen LogP contribution in [0.15, 0.2) is 4.79 Å². The molecule has 114 valence electrons. The van der Waals surface area contributed by atoms with Crippen LogP contribution in [0.1, 0.15) is 49.0 Å². The summed E-state index contributed by atoms with van der Waals surface area (Å²) in [5.41, 5.74) is 1.07. The summed E-state index contributed by atoms with van der Waals surface area (Å²) in [7, 11) is 0. The Kier molecular flexibility index (Phi) is 3.88. The van der Waals surface area contributed by atoms with Crippen molar-refractivity contribution < 1.29 is 0 Å². The van der Waals surface area contributed by atoms with E-state index in [-0.39, 0.29) is 11.6 Å². The average Bonchev–Trinajstić information content (AvgIpc) is 2.73. The summed E-state index contributed by atoms with van der Waals surface area (Å²) in [5, 5.41) is 0.764. The molecule has 3 heterocycles. The molecular weight excluding hydrogens is 282 g/mol. The number of hydrogen-bond acceptors (Lipinski definition) is 4. The molecule has 0 radical (unpaired) electrons. The van der Waals surface area contributed by atoms with Gasteiger partial charge in [0.1, 0.15) is 10.7 Å². The van der Waals surface area contributed by atoms with Gasteiger partial charge < -0.3 is 4.98 Å². The third-order valence-corrected chi connectivity index (χ3v) is 5.79. The van der Waals surface area contributed by atoms with Crippen LogP contribution in [0, 0.1) is 19.8 Å². The normalized spacial score (nSPS) is 21.8. The van der Waals surface area contributed by atoms with Crippen molar-refractivity contribution in [2.24, 2.45) is 5.92 Å². The highest BCUT2D eigenvalue weighted by Crippen LogP contribution is 2.28. The van der Waals surface area contributed by atoms with Crippen LogP contribution in [0.2, 0.25) is 0 Å². The maximum atomic E-state index is 12.4. The smallest absolute Gasteiger partial charge is 0.259 e. The minimum Gasteiger partial charge on any atom is -0.309 e. The van der Waals surface area contributed by atoms with E-state index in [0.717, 1.165) is 40.6 Å². The van der Waals surface area contributed by atoms with Crippen LogP contribution in [-0.2, 0) is 0 Å². The molecule has 1 aliphatic rings. The van der Waals surface area contributed by atoms with E-state index in [1.165, 1.54) is 17.7 Å². The van der Waals surface area contributed by atoms with E-state index in [9.17, 15) is 4.79 Å². The van der Waals surface area contributed by atoms with Gasteiger partial charge >= 0.3 is 0 Å². The Morgan fingerprint density at radius 2 is 2.19 bits per heavy atom. The third kappa shape index (κ3) is 2.64. The van der Waals surface area contributed by atoms with E-state index in [2.05, 4.69) is 30.7 Å². The van der Waals surface area contributed by atoms with Crippen LogP contribution in [0.5, 0.6) is 0 Å².